The molecule has 0 radical (unpaired) electrons. The maximum Gasteiger partial charge on any atom is 0.311 e. The van der Waals surface area contributed by atoms with Gasteiger partial charge < -0.3 is 5.11 Å². The standard InChI is InChI=1S/C17H25NO2/c1-12(2)17(16(19)20)8-9-18(11-17)10-15-7-5-6-13(3)14(15)4/h5-7,12H,8-11H2,1-4H3,(H,19,20). The predicted octanol–water partition coefficient (Wildman–Crippen LogP) is 3.24. The van der Waals surface area contributed by atoms with E-state index in [4.69, 9.17) is 0 Å². The molecule has 1 heterocycles. The SMILES string of the molecule is Cc1cccc(CN2CCC(C(=O)O)(C(C)C)C2)c1C. The van der Waals surface area contributed by atoms with E-state index < -0.39 is 11.4 Å². The van der Waals surface area contributed by atoms with Crippen molar-refractivity contribution in [1.82, 2.24) is 4.90 Å². The molecule has 1 atom stereocenters. The van der Waals surface area contributed by atoms with Gasteiger partial charge in [0.05, 0.1) is 5.41 Å². The van der Waals surface area contributed by atoms with Crippen LogP contribution in [0.25, 0.3) is 0 Å². The Balaban J connectivity index is 2.14. The third-order valence-electron chi connectivity index (χ3n) is 5.02. The highest BCUT2D eigenvalue weighted by molar-refractivity contribution is 5.75. The summed E-state index contributed by atoms with van der Waals surface area (Å²) >= 11 is 0. The first-order valence-corrected chi connectivity index (χ1v) is 7.37. The molecule has 1 saturated heterocycles. The van der Waals surface area contributed by atoms with E-state index in [0.29, 0.717) is 6.54 Å². The molecule has 1 fully saturated rings. The summed E-state index contributed by atoms with van der Waals surface area (Å²) in [5.41, 5.74) is 3.37. The normalized spacial score (nSPS) is 23.4. The quantitative estimate of drug-likeness (QED) is 0.917. The molecule has 0 aliphatic carbocycles. The van der Waals surface area contributed by atoms with Crippen LogP contribution in [0.15, 0.2) is 18.2 Å². The minimum absolute atomic E-state index is 0.170. The predicted molar refractivity (Wildman–Crippen MR) is 80.7 cm³/mol. The van der Waals surface area contributed by atoms with Gasteiger partial charge in [-0.2, -0.15) is 0 Å². The summed E-state index contributed by atoms with van der Waals surface area (Å²) in [6, 6.07) is 6.36. The van der Waals surface area contributed by atoms with E-state index in [0.717, 1.165) is 19.5 Å². The van der Waals surface area contributed by atoms with Crippen molar-refractivity contribution < 1.29 is 9.90 Å². The fraction of sp³-hybridized carbons (Fsp3) is 0.588. The monoisotopic (exact) mass is 275 g/mol. The van der Waals surface area contributed by atoms with Crippen molar-refractivity contribution in [2.75, 3.05) is 13.1 Å². The first-order chi connectivity index (χ1) is 9.36. The lowest BCUT2D eigenvalue weighted by atomic mass is 9.76. The van der Waals surface area contributed by atoms with Gasteiger partial charge in [-0.25, -0.2) is 0 Å². The molecule has 110 valence electrons. The number of carboxylic acid groups (broad SMARTS) is 1. The molecule has 0 saturated carbocycles. The zero-order chi connectivity index (χ0) is 14.9. The number of aryl methyl sites for hydroxylation is 1. The van der Waals surface area contributed by atoms with Crippen molar-refractivity contribution in [2.24, 2.45) is 11.3 Å². The molecule has 2 rings (SSSR count). The second kappa shape index (κ2) is 5.57. The second-order valence-electron chi connectivity index (χ2n) is 6.44. The van der Waals surface area contributed by atoms with Gasteiger partial charge in [0.2, 0.25) is 0 Å². The number of hydrogen-bond donors (Lipinski definition) is 1. The maximum absolute atomic E-state index is 11.7. The van der Waals surface area contributed by atoms with Crippen molar-refractivity contribution >= 4 is 5.97 Å². The molecule has 1 aromatic rings. The van der Waals surface area contributed by atoms with Crippen LogP contribution < -0.4 is 0 Å². The average molecular weight is 275 g/mol. The Morgan fingerprint density at radius 1 is 1.40 bits per heavy atom. The molecule has 3 nitrogen and oxygen atoms in total. The van der Waals surface area contributed by atoms with E-state index in [1.807, 2.05) is 13.8 Å². The molecule has 0 bridgehead atoms. The minimum Gasteiger partial charge on any atom is -0.481 e. The number of rotatable bonds is 4. The molecule has 3 heteroatoms. The lowest BCUT2D eigenvalue weighted by Gasteiger charge is -2.29. The van der Waals surface area contributed by atoms with Crippen LogP contribution in [0.5, 0.6) is 0 Å². The van der Waals surface area contributed by atoms with Gasteiger partial charge in [-0.1, -0.05) is 32.0 Å². The Kier molecular flexibility index (Phi) is 4.19. The van der Waals surface area contributed by atoms with Gasteiger partial charge >= 0.3 is 5.97 Å². The van der Waals surface area contributed by atoms with Crippen LogP contribution in [0.3, 0.4) is 0 Å². The molecule has 0 amide bonds. The van der Waals surface area contributed by atoms with Crippen LogP contribution in [0.2, 0.25) is 0 Å². The summed E-state index contributed by atoms with van der Waals surface area (Å²) in [5, 5.41) is 9.59. The topological polar surface area (TPSA) is 40.5 Å². The van der Waals surface area contributed by atoms with Crippen LogP contribution >= 0.6 is 0 Å². The number of aliphatic carboxylic acids is 1. The lowest BCUT2D eigenvalue weighted by molar-refractivity contribution is -0.151. The highest BCUT2D eigenvalue weighted by atomic mass is 16.4. The van der Waals surface area contributed by atoms with Crippen LogP contribution in [0.1, 0.15) is 37.0 Å². The van der Waals surface area contributed by atoms with Gasteiger partial charge in [0.1, 0.15) is 0 Å². The van der Waals surface area contributed by atoms with Crippen molar-refractivity contribution in [3.63, 3.8) is 0 Å². The fourth-order valence-corrected chi connectivity index (χ4v) is 3.17. The Morgan fingerprint density at radius 2 is 2.10 bits per heavy atom. The van der Waals surface area contributed by atoms with Gasteiger partial charge in [0.15, 0.2) is 0 Å². The van der Waals surface area contributed by atoms with Crippen LogP contribution in [0.4, 0.5) is 0 Å². The van der Waals surface area contributed by atoms with Crippen LogP contribution in [-0.4, -0.2) is 29.1 Å². The molecule has 1 aromatic carbocycles. The molecule has 1 N–H and O–H groups in total. The van der Waals surface area contributed by atoms with Crippen LogP contribution in [-0.2, 0) is 11.3 Å². The number of nitrogens with zero attached hydrogens (tertiary/aromatic N) is 1. The average Bonchev–Trinajstić information content (AvgIpc) is 2.80. The van der Waals surface area contributed by atoms with Gasteiger partial charge in [-0.15, -0.1) is 0 Å². The highest BCUT2D eigenvalue weighted by Crippen LogP contribution is 2.38. The number of benzene rings is 1. The van der Waals surface area contributed by atoms with Crippen LogP contribution in [0, 0.1) is 25.2 Å². The maximum atomic E-state index is 11.7. The van der Waals surface area contributed by atoms with E-state index in [1.165, 1.54) is 16.7 Å². The van der Waals surface area contributed by atoms with E-state index in [9.17, 15) is 9.90 Å². The molecular weight excluding hydrogens is 250 g/mol. The van der Waals surface area contributed by atoms with E-state index in [1.54, 1.807) is 0 Å². The summed E-state index contributed by atoms with van der Waals surface area (Å²) in [7, 11) is 0. The molecule has 0 aromatic heterocycles. The number of carboxylic acids is 1. The second-order valence-corrected chi connectivity index (χ2v) is 6.44. The van der Waals surface area contributed by atoms with Gasteiger partial charge in [0, 0.05) is 13.1 Å². The van der Waals surface area contributed by atoms with Crippen molar-refractivity contribution in [2.45, 2.75) is 40.7 Å². The van der Waals surface area contributed by atoms with Crippen molar-refractivity contribution in [1.29, 1.82) is 0 Å². The van der Waals surface area contributed by atoms with Crippen molar-refractivity contribution in [3.8, 4) is 0 Å². The number of carbonyl (C=O) groups is 1. The van der Waals surface area contributed by atoms with Crippen molar-refractivity contribution in [3.05, 3.63) is 34.9 Å². The summed E-state index contributed by atoms with van der Waals surface area (Å²) in [6.07, 6.45) is 0.755. The zero-order valence-corrected chi connectivity index (χ0v) is 12.9. The summed E-state index contributed by atoms with van der Waals surface area (Å²) < 4.78 is 0. The zero-order valence-electron chi connectivity index (χ0n) is 12.9. The molecule has 1 aliphatic heterocycles. The third kappa shape index (κ3) is 2.59. The molecule has 1 unspecified atom stereocenters. The van der Waals surface area contributed by atoms with E-state index in [2.05, 4.69) is 36.9 Å². The summed E-state index contributed by atoms with van der Waals surface area (Å²) in [4.78, 5) is 13.9. The highest BCUT2D eigenvalue weighted by Gasteiger charge is 2.47. The Labute approximate surface area is 121 Å². The molecule has 20 heavy (non-hydrogen) atoms. The molecule has 0 spiro atoms. The Morgan fingerprint density at radius 3 is 2.65 bits per heavy atom. The number of likely N-dealkylation sites (tertiary alicyclic amines) is 1. The molecular formula is C17H25NO2. The smallest absolute Gasteiger partial charge is 0.311 e. The Bertz CT molecular complexity index is 510. The van der Waals surface area contributed by atoms with Gasteiger partial charge in [0.25, 0.3) is 0 Å². The Hall–Kier alpha value is -1.35. The third-order valence-corrected chi connectivity index (χ3v) is 5.02. The van der Waals surface area contributed by atoms with E-state index in [-0.39, 0.29) is 5.92 Å². The largest absolute Gasteiger partial charge is 0.481 e. The summed E-state index contributed by atoms with van der Waals surface area (Å²) in [5.74, 6) is -0.473. The minimum atomic E-state index is -0.643. The van der Waals surface area contributed by atoms with Gasteiger partial charge in [-0.05, 0) is 49.4 Å². The first-order valence-electron chi connectivity index (χ1n) is 7.37. The fourth-order valence-electron chi connectivity index (χ4n) is 3.17. The lowest BCUT2D eigenvalue weighted by Crippen LogP contribution is -2.39. The van der Waals surface area contributed by atoms with Gasteiger partial charge in [-0.3, -0.25) is 9.69 Å². The van der Waals surface area contributed by atoms with E-state index >= 15 is 0 Å². The number of hydrogen-bond acceptors (Lipinski definition) is 2. The molecule has 1 aliphatic rings. The summed E-state index contributed by atoms with van der Waals surface area (Å²) in [6.45, 7) is 10.7. The first kappa shape index (κ1) is 15.0.